The van der Waals surface area contributed by atoms with E-state index in [0.29, 0.717) is 5.92 Å². The van der Waals surface area contributed by atoms with Crippen LogP contribution in [0.3, 0.4) is 0 Å². The highest BCUT2D eigenvalue weighted by Gasteiger charge is 2.14. The average Bonchev–Trinajstić information content (AvgIpc) is 2.94. The summed E-state index contributed by atoms with van der Waals surface area (Å²) in [6.07, 6.45) is 5.62. The van der Waals surface area contributed by atoms with Crippen LogP contribution in [0.4, 0.5) is 0 Å². The van der Waals surface area contributed by atoms with Gasteiger partial charge in [-0.2, -0.15) is 0 Å². The molecule has 1 nitrogen and oxygen atoms in total. The van der Waals surface area contributed by atoms with E-state index in [0.717, 1.165) is 17.3 Å². The number of fused-ring (bicyclic) bond motifs is 1. The lowest BCUT2D eigenvalue weighted by atomic mass is 9.92. The van der Waals surface area contributed by atoms with Gasteiger partial charge in [0.05, 0.1) is 0 Å². The summed E-state index contributed by atoms with van der Waals surface area (Å²) >= 11 is 3.51. The summed E-state index contributed by atoms with van der Waals surface area (Å²) in [6.45, 7) is 0.240. The molecular weight excluding hydrogens is 324 g/mol. The van der Waals surface area contributed by atoms with Gasteiger partial charge >= 0.3 is 0 Å². The third-order valence-electron chi connectivity index (χ3n) is 4.36. The van der Waals surface area contributed by atoms with Crippen molar-refractivity contribution >= 4 is 15.9 Å². The molecule has 0 spiro atoms. The van der Waals surface area contributed by atoms with Gasteiger partial charge in [0.1, 0.15) is 0 Å². The second kappa shape index (κ2) is 6.76. The number of aryl methyl sites for hydroxylation is 2. The van der Waals surface area contributed by atoms with Crippen molar-refractivity contribution < 1.29 is 5.11 Å². The summed E-state index contributed by atoms with van der Waals surface area (Å²) in [7, 11) is 0. The first-order valence-corrected chi connectivity index (χ1v) is 8.50. The highest BCUT2D eigenvalue weighted by molar-refractivity contribution is 9.10. The van der Waals surface area contributed by atoms with Gasteiger partial charge in [-0.1, -0.05) is 46.3 Å². The first kappa shape index (κ1) is 14.8. The van der Waals surface area contributed by atoms with Crippen molar-refractivity contribution in [3.8, 4) is 0 Å². The van der Waals surface area contributed by atoms with Crippen LogP contribution in [-0.4, -0.2) is 11.7 Å². The van der Waals surface area contributed by atoms with Crippen LogP contribution in [0.25, 0.3) is 0 Å². The molecule has 1 atom stereocenters. The summed E-state index contributed by atoms with van der Waals surface area (Å²) < 4.78 is 1.11. The Bertz CT molecular complexity index is 621. The zero-order valence-corrected chi connectivity index (χ0v) is 13.8. The molecule has 0 saturated heterocycles. The highest BCUT2D eigenvalue weighted by Crippen LogP contribution is 2.25. The highest BCUT2D eigenvalue weighted by atomic mass is 79.9. The van der Waals surface area contributed by atoms with Gasteiger partial charge in [0.15, 0.2) is 0 Å². The topological polar surface area (TPSA) is 20.2 Å². The van der Waals surface area contributed by atoms with E-state index in [1.54, 1.807) is 0 Å². The third kappa shape index (κ3) is 3.75. The second-order valence-corrected chi connectivity index (χ2v) is 6.96. The van der Waals surface area contributed by atoms with Crippen LogP contribution in [-0.2, 0) is 25.7 Å². The number of benzene rings is 2. The number of aliphatic hydroxyl groups excluding tert-OH is 1. The summed E-state index contributed by atoms with van der Waals surface area (Å²) in [4.78, 5) is 0. The van der Waals surface area contributed by atoms with Crippen LogP contribution >= 0.6 is 15.9 Å². The Morgan fingerprint density at radius 3 is 2.48 bits per heavy atom. The van der Waals surface area contributed by atoms with Crippen molar-refractivity contribution in [1.29, 1.82) is 0 Å². The molecule has 0 fully saturated rings. The van der Waals surface area contributed by atoms with Gasteiger partial charge in [-0.3, -0.25) is 0 Å². The summed E-state index contributed by atoms with van der Waals surface area (Å²) in [5.74, 6) is 0.291. The molecule has 3 rings (SSSR count). The minimum Gasteiger partial charge on any atom is -0.396 e. The monoisotopic (exact) mass is 344 g/mol. The van der Waals surface area contributed by atoms with Crippen molar-refractivity contribution in [2.75, 3.05) is 6.61 Å². The zero-order chi connectivity index (χ0) is 14.7. The molecule has 0 radical (unpaired) electrons. The molecule has 0 aliphatic heterocycles. The number of aliphatic hydroxyl groups is 1. The van der Waals surface area contributed by atoms with Crippen LogP contribution in [0.15, 0.2) is 46.9 Å². The molecule has 2 heteroatoms. The van der Waals surface area contributed by atoms with Gasteiger partial charge in [-0.05, 0) is 72.4 Å². The molecule has 1 unspecified atom stereocenters. The number of rotatable bonds is 5. The largest absolute Gasteiger partial charge is 0.396 e. The predicted octanol–water partition coefficient (Wildman–Crippen LogP) is 4.33. The van der Waals surface area contributed by atoms with Crippen molar-refractivity contribution in [2.45, 2.75) is 32.1 Å². The molecule has 1 aliphatic carbocycles. The van der Waals surface area contributed by atoms with E-state index >= 15 is 0 Å². The maximum atomic E-state index is 9.70. The third-order valence-corrected chi connectivity index (χ3v) is 4.85. The van der Waals surface area contributed by atoms with Crippen molar-refractivity contribution in [2.24, 2.45) is 5.92 Å². The summed E-state index contributed by atoms with van der Waals surface area (Å²) in [5.41, 5.74) is 5.69. The van der Waals surface area contributed by atoms with Crippen molar-refractivity contribution in [3.63, 3.8) is 0 Å². The minimum absolute atomic E-state index is 0.240. The Hall–Kier alpha value is -1.12. The maximum Gasteiger partial charge on any atom is 0.0465 e. The van der Waals surface area contributed by atoms with E-state index in [1.807, 2.05) is 6.07 Å². The zero-order valence-electron chi connectivity index (χ0n) is 12.2. The lowest BCUT2D eigenvalue weighted by Gasteiger charge is -2.15. The Kier molecular flexibility index (Phi) is 4.77. The maximum absolute atomic E-state index is 9.70. The number of halogens is 1. The lowest BCUT2D eigenvalue weighted by Crippen LogP contribution is -2.13. The fraction of sp³-hybridized carbons (Fsp3) is 0.368. The van der Waals surface area contributed by atoms with Crippen LogP contribution in [0.1, 0.15) is 28.7 Å². The van der Waals surface area contributed by atoms with Crippen molar-refractivity contribution in [1.82, 2.24) is 0 Å². The van der Waals surface area contributed by atoms with Gasteiger partial charge in [0.25, 0.3) is 0 Å². The molecule has 2 aromatic rings. The van der Waals surface area contributed by atoms with Crippen LogP contribution in [0.2, 0.25) is 0 Å². The van der Waals surface area contributed by atoms with E-state index in [2.05, 4.69) is 52.3 Å². The minimum atomic E-state index is 0.240. The molecule has 110 valence electrons. The van der Waals surface area contributed by atoms with Gasteiger partial charge in [-0.25, -0.2) is 0 Å². The molecule has 0 saturated carbocycles. The fourth-order valence-electron chi connectivity index (χ4n) is 3.28. The Labute approximate surface area is 135 Å². The van der Waals surface area contributed by atoms with Gasteiger partial charge < -0.3 is 5.11 Å². The molecule has 0 heterocycles. The van der Waals surface area contributed by atoms with E-state index in [1.165, 1.54) is 41.5 Å². The number of hydrogen-bond donors (Lipinski definition) is 1. The summed E-state index contributed by atoms with van der Waals surface area (Å²) in [5, 5.41) is 9.70. The average molecular weight is 345 g/mol. The number of hydrogen-bond acceptors (Lipinski definition) is 1. The Morgan fingerprint density at radius 2 is 1.71 bits per heavy atom. The predicted molar refractivity (Wildman–Crippen MR) is 90.6 cm³/mol. The Morgan fingerprint density at radius 1 is 0.952 bits per heavy atom. The smallest absolute Gasteiger partial charge is 0.0465 e. The SMILES string of the molecule is OCC(Cc1cccc(Br)c1)Cc1ccc2c(c1)CCC2. The lowest BCUT2D eigenvalue weighted by molar-refractivity contribution is 0.225. The molecule has 1 N–H and O–H groups in total. The Balaban J connectivity index is 1.69. The molecule has 1 aliphatic rings. The first-order chi connectivity index (χ1) is 10.2. The standard InChI is InChI=1S/C19H21BrO/c20-19-6-1-3-14(12-19)9-16(13-21)10-15-7-8-17-4-2-5-18(17)11-15/h1,3,6-8,11-12,16,21H,2,4-5,9-10,13H2. The van der Waals surface area contributed by atoms with Crippen LogP contribution in [0, 0.1) is 5.92 Å². The first-order valence-electron chi connectivity index (χ1n) is 7.70. The quantitative estimate of drug-likeness (QED) is 0.855. The van der Waals surface area contributed by atoms with Gasteiger partial charge in [0.2, 0.25) is 0 Å². The fourth-order valence-corrected chi connectivity index (χ4v) is 3.73. The molecule has 0 aromatic heterocycles. The summed E-state index contributed by atoms with van der Waals surface area (Å²) in [6, 6.07) is 15.3. The normalized spacial score (nSPS) is 15.0. The molecule has 0 bridgehead atoms. The van der Waals surface area contributed by atoms with E-state index < -0.39 is 0 Å². The molecule has 2 aromatic carbocycles. The second-order valence-electron chi connectivity index (χ2n) is 6.04. The molecular formula is C19H21BrO. The molecule has 21 heavy (non-hydrogen) atoms. The molecule has 0 amide bonds. The van der Waals surface area contributed by atoms with Crippen molar-refractivity contribution in [3.05, 3.63) is 69.2 Å². The van der Waals surface area contributed by atoms with E-state index in [9.17, 15) is 5.11 Å². The van der Waals surface area contributed by atoms with Gasteiger partial charge in [0, 0.05) is 11.1 Å². The van der Waals surface area contributed by atoms with Gasteiger partial charge in [-0.15, -0.1) is 0 Å². The van der Waals surface area contributed by atoms with Crippen LogP contribution < -0.4 is 0 Å². The van der Waals surface area contributed by atoms with E-state index in [4.69, 9.17) is 0 Å². The van der Waals surface area contributed by atoms with E-state index in [-0.39, 0.29) is 6.61 Å². The van der Waals surface area contributed by atoms with Crippen LogP contribution in [0.5, 0.6) is 0 Å².